The van der Waals surface area contributed by atoms with E-state index in [0.29, 0.717) is 41.2 Å². The highest BCUT2D eigenvalue weighted by Crippen LogP contribution is 2.49. The largest absolute Gasteiger partial charge is 0.483 e. The fourth-order valence-electron chi connectivity index (χ4n) is 4.32. The van der Waals surface area contributed by atoms with Crippen LogP contribution < -0.4 is 15.8 Å². The van der Waals surface area contributed by atoms with Crippen LogP contribution in [0, 0.1) is 22.6 Å². The summed E-state index contributed by atoms with van der Waals surface area (Å²) in [5.41, 5.74) is 7.29. The number of benzene rings is 2. The van der Waals surface area contributed by atoms with E-state index in [4.69, 9.17) is 15.2 Å². The molecule has 1 amide bonds. The first-order valence-corrected chi connectivity index (χ1v) is 10.8. The molecule has 0 spiro atoms. The van der Waals surface area contributed by atoms with Crippen LogP contribution in [0.15, 0.2) is 71.3 Å². The second-order valence-electron chi connectivity index (χ2n) is 9.08. The van der Waals surface area contributed by atoms with E-state index in [2.05, 4.69) is 11.4 Å². The molecule has 2 aliphatic rings. The second kappa shape index (κ2) is 9.02. The fraction of sp³-hybridized carbons (Fsp3) is 0.269. The van der Waals surface area contributed by atoms with Crippen molar-refractivity contribution in [2.75, 3.05) is 11.9 Å². The van der Waals surface area contributed by atoms with Gasteiger partial charge in [0.05, 0.1) is 5.92 Å². The Kier molecular flexibility index (Phi) is 6.12. The van der Waals surface area contributed by atoms with Crippen LogP contribution in [-0.4, -0.2) is 18.3 Å². The van der Waals surface area contributed by atoms with Crippen molar-refractivity contribution < 1.29 is 23.5 Å². The molecule has 1 aliphatic carbocycles. The highest BCUT2D eigenvalue weighted by molar-refractivity contribution is 6.00. The predicted molar refractivity (Wildman–Crippen MR) is 123 cm³/mol. The Labute approximate surface area is 196 Å². The van der Waals surface area contributed by atoms with Gasteiger partial charge in [0.2, 0.25) is 5.88 Å². The van der Waals surface area contributed by atoms with Gasteiger partial charge in [0.15, 0.2) is 12.4 Å². The lowest BCUT2D eigenvalue weighted by atomic mass is 9.70. The number of para-hydroxylation sites is 1. The van der Waals surface area contributed by atoms with Crippen LogP contribution in [0.5, 0.6) is 5.75 Å². The van der Waals surface area contributed by atoms with Crippen molar-refractivity contribution in [3.05, 3.63) is 82.7 Å². The molecule has 3 N–H and O–H groups in total. The maximum absolute atomic E-state index is 13.2. The molecule has 0 fully saturated rings. The minimum atomic E-state index is -0.756. The van der Waals surface area contributed by atoms with Crippen molar-refractivity contribution in [1.29, 1.82) is 5.26 Å². The summed E-state index contributed by atoms with van der Waals surface area (Å²) in [6, 6.07) is 14.4. The van der Waals surface area contributed by atoms with Crippen LogP contribution in [0.1, 0.15) is 38.2 Å². The molecule has 4 rings (SSSR count). The van der Waals surface area contributed by atoms with Crippen molar-refractivity contribution in [3.8, 4) is 11.8 Å². The summed E-state index contributed by atoms with van der Waals surface area (Å²) in [4.78, 5) is 25.5. The van der Waals surface area contributed by atoms with Crippen molar-refractivity contribution in [1.82, 2.24) is 0 Å². The smallest absolute Gasteiger partial charge is 0.262 e. The Balaban J connectivity index is 1.63. The summed E-state index contributed by atoms with van der Waals surface area (Å²) in [5.74, 6) is -0.955. The zero-order valence-electron chi connectivity index (χ0n) is 18.9. The molecule has 0 radical (unpaired) electrons. The molecule has 0 aromatic heterocycles. The number of ether oxygens (including phenoxy) is 2. The first kappa shape index (κ1) is 23.1. The maximum Gasteiger partial charge on any atom is 0.262 e. The summed E-state index contributed by atoms with van der Waals surface area (Å²) in [6.07, 6.45) is 0.820. The monoisotopic (exact) mass is 461 g/mol. The number of hydrogen-bond acceptors (Lipinski definition) is 6. The number of ketones is 1. The lowest BCUT2D eigenvalue weighted by Crippen LogP contribution is -2.33. The Morgan fingerprint density at radius 3 is 2.65 bits per heavy atom. The van der Waals surface area contributed by atoms with E-state index in [0.717, 1.165) is 0 Å². The number of nitrogens with two attached hydrogens (primary N) is 1. The SMILES string of the molecule is CC1(C)CC(=O)C2=C(C1)OC(N)=C(C#N)C2c1ccccc1OCC(=O)Nc1ccc(F)cc1. The number of Topliss-reactive ketones (excluding diaryl/α,β-unsaturated/α-hetero) is 1. The molecule has 1 heterocycles. The molecular formula is C26H24FN3O4. The Bertz CT molecular complexity index is 1260. The lowest BCUT2D eigenvalue weighted by Gasteiger charge is -2.37. The number of halogens is 1. The molecule has 2 aromatic carbocycles. The summed E-state index contributed by atoms with van der Waals surface area (Å²) in [5, 5.41) is 12.5. The number of anilines is 1. The van der Waals surface area contributed by atoms with Crippen molar-refractivity contribution in [2.24, 2.45) is 11.1 Å². The van der Waals surface area contributed by atoms with Gasteiger partial charge in [-0.1, -0.05) is 32.0 Å². The topological polar surface area (TPSA) is 114 Å². The first-order chi connectivity index (χ1) is 16.2. The summed E-state index contributed by atoms with van der Waals surface area (Å²) in [7, 11) is 0. The summed E-state index contributed by atoms with van der Waals surface area (Å²) in [6.45, 7) is 3.62. The molecular weight excluding hydrogens is 437 g/mol. The van der Waals surface area contributed by atoms with E-state index < -0.39 is 17.6 Å². The predicted octanol–water partition coefficient (Wildman–Crippen LogP) is 4.29. The quantitative estimate of drug-likeness (QED) is 0.686. The molecule has 174 valence electrons. The molecule has 1 unspecified atom stereocenters. The van der Waals surface area contributed by atoms with Gasteiger partial charge >= 0.3 is 0 Å². The van der Waals surface area contributed by atoms with Crippen LogP contribution >= 0.6 is 0 Å². The van der Waals surface area contributed by atoms with Gasteiger partial charge in [-0.2, -0.15) is 5.26 Å². The van der Waals surface area contributed by atoms with E-state index in [-0.39, 0.29) is 29.3 Å². The van der Waals surface area contributed by atoms with Crippen LogP contribution in [0.3, 0.4) is 0 Å². The highest BCUT2D eigenvalue weighted by atomic mass is 19.1. The molecule has 8 heteroatoms. The van der Waals surface area contributed by atoms with Crippen LogP contribution in [0.25, 0.3) is 0 Å². The van der Waals surface area contributed by atoms with Gasteiger partial charge < -0.3 is 20.5 Å². The molecule has 2 aromatic rings. The van der Waals surface area contributed by atoms with Gasteiger partial charge in [-0.3, -0.25) is 9.59 Å². The van der Waals surface area contributed by atoms with E-state index in [1.165, 1.54) is 24.3 Å². The van der Waals surface area contributed by atoms with Crippen LogP contribution in [-0.2, 0) is 14.3 Å². The number of carbonyl (C=O) groups excluding carboxylic acids is 2. The number of nitrogens with one attached hydrogen (secondary N) is 1. The summed E-state index contributed by atoms with van der Waals surface area (Å²) < 4.78 is 24.6. The third-order valence-electron chi connectivity index (χ3n) is 5.79. The fourth-order valence-corrected chi connectivity index (χ4v) is 4.32. The third-order valence-corrected chi connectivity index (χ3v) is 5.79. The first-order valence-electron chi connectivity index (χ1n) is 10.8. The second-order valence-corrected chi connectivity index (χ2v) is 9.08. The lowest BCUT2D eigenvalue weighted by molar-refractivity contribution is -0.119. The Hall–Kier alpha value is -4.12. The number of allylic oxidation sites excluding steroid dienone is 3. The Morgan fingerprint density at radius 2 is 1.94 bits per heavy atom. The number of carbonyl (C=O) groups is 2. The molecule has 1 atom stereocenters. The van der Waals surface area contributed by atoms with Gasteiger partial charge in [-0.05, 0) is 35.7 Å². The van der Waals surface area contributed by atoms with Gasteiger partial charge in [0.25, 0.3) is 5.91 Å². The molecule has 0 saturated heterocycles. The van der Waals surface area contributed by atoms with Gasteiger partial charge in [-0.25, -0.2) is 4.39 Å². The normalized spacial score (nSPS) is 19.1. The van der Waals surface area contributed by atoms with Crippen LogP contribution in [0.4, 0.5) is 10.1 Å². The van der Waals surface area contributed by atoms with E-state index in [1.54, 1.807) is 24.3 Å². The number of rotatable bonds is 5. The number of nitrogens with zero attached hydrogens (tertiary/aromatic N) is 1. The van der Waals surface area contributed by atoms with E-state index in [1.807, 2.05) is 13.8 Å². The van der Waals surface area contributed by atoms with Crippen LogP contribution in [0.2, 0.25) is 0 Å². The van der Waals surface area contributed by atoms with Gasteiger partial charge in [0, 0.05) is 29.7 Å². The minimum absolute atomic E-state index is 0.0411. The zero-order valence-corrected chi connectivity index (χ0v) is 18.9. The highest BCUT2D eigenvalue weighted by Gasteiger charge is 2.43. The number of nitriles is 1. The standard InChI is InChI=1S/C26H24FN3O4/c1-26(2)11-19(31)24-21(12-26)34-25(29)18(13-28)23(24)17-5-3-4-6-20(17)33-14-22(32)30-16-9-7-15(27)8-10-16/h3-10,23H,11-12,14,29H2,1-2H3,(H,30,32). The minimum Gasteiger partial charge on any atom is -0.483 e. The van der Waals surface area contributed by atoms with Gasteiger partial charge in [-0.15, -0.1) is 0 Å². The molecule has 0 bridgehead atoms. The number of hydrogen-bond donors (Lipinski definition) is 2. The molecule has 0 saturated carbocycles. The zero-order chi connectivity index (χ0) is 24.5. The van der Waals surface area contributed by atoms with Crippen molar-refractivity contribution in [2.45, 2.75) is 32.6 Å². The number of amides is 1. The van der Waals surface area contributed by atoms with E-state index >= 15 is 0 Å². The summed E-state index contributed by atoms with van der Waals surface area (Å²) >= 11 is 0. The van der Waals surface area contributed by atoms with Crippen molar-refractivity contribution in [3.63, 3.8) is 0 Å². The van der Waals surface area contributed by atoms with Gasteiger partial charge in [0.1, 0.15) is 29.0 Å². The maximum atomic E-state index is 13.2. The molecule has 7 nitrogen and oxygen atoms in total. The van der Waals surface area contributed by atoms with Crippen molar-refractivity contribution >= 4 is 17.4 Å². The Morgan fingerprint density at radius 1 is 1.24 bits per heavy atom. The molecule has 1 aliphatic heterocycles. The molecule has 34 heavy (non-hydrogen) atoms. The third kappa shape index (κ3) is 4.64. The van der Waals surface area contributed by atoms with E-state index in [9.17, 15) is 19.2 Å². The average molecular weight is 461 g/mol. The average Bonchev–Trinajstić information content (AvgIpc) is 2.77.